The minimum absolute atomic E-state index is 0.0712. The van der Waals surface area contributed by atoms with E-state index in [0.717, 1.165) is 29.2 Å². The number of amides is 1. The number of aromatic nitrogens is 2. The van der Waals surface area contributed by atoms with Crippen molar-refractivity contribution in [3.05, 3.63) is 35.9 Å². The van der Waals surface area contributed by atoms with Crippen molar-refractivity contribution in [2.45, 2.75) is 37.3 Å². The number of carbonyl (C=O) groups excluding carboxylic acids is 1. The van der Waals surface area contributed by atoms with Gasteiger partial charge in [-0.2, -0.15) is 0 Å². The minimum Gasteiger partial charge on any atom is -0.355 e. The normalized spacial score (nSPS) is 14.8. The van der Waals surface area contributed by atoms with Crippen LogP contribution in [0.25, 0.3) is 11.0 Å². The SMILES string of the molecule is O=C(CSc1nc2ccccc2[nH]1)NCCC1=CCCCC1. The molecule has 1 heterocycles. The summed E-state index contributed by atoms with van der Waals surface area (Å²) >= 11 is 1.45. The summed E-state index contributed by atoms with van der Waals surface area (Å²) in [6.07, 6.45) is 8.32. The summed E-state index contributed by atoms with van der Waals surface area (Å²) in [5.41, 5.74) is 3.45. The Labute approximate surface area is 134 Å². The van der Waals surface area contributed by atoms with E-state index in [1.807, 2.05) is 24.3 Å². The lowest BCUT2D eigenvalue weighted by Gasteiger charge is -2.12. The number of allylic oxidation sites excluding steroid dienone is 1. The average Bonchev–Trinajstić information content (AvgIpc) is 2.97. The van der Waals surface area contributed by atoms with E-state index in [1.54, 1.807) is 0 Å². The van der Waals surface area contributed by atoms with Gasteiger partial charge in [-0.3, -0.25) is 4.79 Å². The van der Waals surface area contributed by atoms with Crippen molar-refractivity contribution in [2.75, 3.05) is 12.3 Å². The van der Waals surface area contributed by atoms with Gasteiger partial charge in [-0.25, -0.2) is 4.98 Å². The van der Waals surface area contributed by atoms with E-state index < -0.39 is 0 Å². The molecule has 2 aromatic rings. The van der Waals surface area contributed by atoms with Gasteiger partial charge >= 0.3 is 0 Å². The van der Waals surface area contributed by atoms with Gasteiger partial charge in [-0.1, -0.05) is 35.5 Å². The standard InChI is InChI=1S/C17H21N3OS/c21-16(18-11-10-13-6-2-1-3-7-13)12-22-17-19-14-8-4-5-9-15(14)20-17/h4-6,8-9H,1-3,7,10-12H2,(H,18,21)(H,19,20). The summed E-state index contributed by atoms with van der Waals surface area (Å²) in [5.74, 6) is 0.473. The Kier molecular flexibility index (Phi) is 5.16. The fourth-order valence-corrected chi connectivity index (χ4v) is 3.39. The number of hydrogen-bond acceptors (Lipinski definition) is 3. The molecule has 0 atom stereocenters. The lowest BCUT2D eigenvalue weighted by molar-refractivity contribution is -0.118. The van der Waals surface area contributed by atoms with Crippen LogP contribution in [0.2, 0.25) is 0 Å². The highest BCUT2D eigenvalue weighted by Crippen LogP contribution is 2.20. The number of nitrogens with one attached hydrogen (secondary N) is 2. The molecule has 22 heavy (non-hydrogen) atoms. The zero-order valence-corrected chi connectivity index (χ0v) is 13.4. The Bertz CT molecular complexity index is 644. The fraction of sp³-hybridized carbons (Fsp3) is 0.412. The van der Waals surface area contributed by atoms with Crippen LogP contribution in [0.1, 0.15) is 32.1 Å². The number of rotatable bonds is 6. The number of thioether (sulfide) groups is 1. The molecule has 0 bridgehead atoms. The highest BCUT2D eigenvalue weighted by molar-refractivity contribution is 7.99. The predicted octanol–water partition coefficient (Wildman–Crippen LogP) is 3.66. The molecule has 1 aromatic heterocycles. The van der Waals surface area contributed by atoms with Crippen LogP contribution in [-0.2, 0) is 4.79 Å². The summed E-state index contributed by atoms with van der Waals surface area (Å²) in [6, 6.07) is 7.89. The number of benzene rings is 1. The molecule has 0 radical (unpaired) electrons. The van der Waals surface area contributed by atoms with E-state index in [2.05, 4.69) is 21.4 Å². The highest BCUT2D eigenvalue weighted by atomic mass is 32.2. The Morgan fingerprint density at radius 3 is 3.05 bits per heavy atom. The number of fused-ring (bicyclic) bond motifs is 1. The lowest BCUT2D eigenvalue weighted by atomic mass is 9.97. The Balaban J connectivity index is 1.41. The number of H-pyrrole nitrogens is 1. The molecule has 0 saturated carbocycles. The predicted molar refractivity (Wildman–Crippen MR) is 91.0 cm³/mol. The third-order valence-electron chi connectivity index (χ3n) is 3.86. The first-order valence-electron chi connectivity index (χ1n) is 7.83. The van der Waals surface area contributed by atoms with Gasteiger partial charge in [0.2, 0.25) is 5.91 Å². The molecule has 3 rings (SSSR count). The molecule has 1 aromatic carbocycles. The molecule has 1 aliphatic carbocycles. The fourth-order valence-electron chi connectivity index (χ4n) is 2.68. The van der Waals surface area contributed by atoms with E-state index in [-0.39, 0.29) is 5.91 Å². The molecule has 0 aliphatic heterocycles. The third kappa shape index (κ3) is 4.13. The van der Waals surface area contributed by atoms with E-state index >= 15 is 0 Å². The van der Waals surface area contributed by atoms with Crippen LogP contribution in [0.3, 0.4) is 0 Å². The van der Waals surface area contributed by atoms with Crippen molar-refractivity contribution in [3.8, 4) is 0 Å². The molecule has 0 spiro atoms. The lowest BCUT2D eigenvalue weighted by Crippen LogP contribution is -2.26. The van der Waals surface area contributed by atoms with Crippen molar-refractivity contribution in [3.63, 3.8) is 0 Å². The van der Waals surface area contributed by atoms with Crippen LogP contribution in [0.15, 0.2) is 41.1 Å². The first-order chi connectivity index (χ1) is 10.8. The summed E-state index contributed by atoms with van der Waals surface area (Å²) in [5, 5.41) is 3.79. The maximum absolute atomic E-state index is 11.9. The van der Waals surface area contributed by atoms with Crippen LogP contribution in [0, 0.1) is 0 Å². The molecular formula is C17H21N3OS. The van der Waals surface area contributed by atoms with Crippen molar-refractivity contribution in [2.24, 2.45) is 0 Å². The maximum Gasteiger partial charge on any atom is 0.230 e. The monoisotopic (exact) mass is 315 g/mol. The van der Waals surface area contributed by atoms with E-state index in [0.29, 0.717) is 5.75 Å². The van der Waals surface area contributed by atoms with Crippen LogP contribution in [0.5, 0.6) is 0 Å². The molecule has 0 saturated heterocycles. The number of aromatic amines is 1. The molecule has 2 N–H and O–H groups in total. The maximum atomic E-state index is 11.9. The average molecular weight is 315 g/mol. The topological polar surface area (TPSA) is 57.8 Å². The Morgan fingerprint density at radius 1 is 1.32 bits per heavy atom. The van der Waals surface area contributed by atoms with Crippen LogP contribution in [-0.4, -0.2) is 28.2 Å². The van der Waals surface area contributed by atoms with E-state index in [4.69, 9.17) is 0 Å². The minimum atomic E-state index is 0.0712. The summed E-state index contributed by atoms with van der Waals surface area (Å²) in [4.78, 5) is 19.6. The second-order valence-electron chi connectivity index (χ2n) is 5.56. The molecule has 4 nitrogen and oxygen atoms in total. The summed E-state index contributed by atoms with van der Waals surface area (Å²) in [6.45, 7) is 0.741. The summed E-state index contributed by atoms with van der Waals surface area (Å²) in [7, 11) is 0. The highest BCUT2D eigenvalue weighted by Gasteiger charge is 2.08. The van der Waals surface area contributed by atoms with Crippen LogP contribution >= 0.6 is 11.8 Å². The molecule has 1 aliphatic rings. The van der Waals surface area contributed by atoms with Gasteiger partial charge in [0, 0.05) is 6.54 Å². The zero-order valence-electron chi connectivity index (χ0n) is 12.6. The molecule has 5 heteroatoms. The zero-order chi connectivity index (χ0) is 15.2. The van der Waals surface area contributed by atoms with Crippen molar-refractivity contribution >= 4 is 28.7 Å². The Hall–Kier alpha value is -1.75. The van der Waals surface area contributed by atoms with Crippen molar-refractivity contribution in [1.82, 2.24) is 15.3 Å². The van der Waals surface area contributed by atoms with Crippen molar-refractivity contribution in [1.29, 1.82) is 0 Å². The van der Waals surface area contributed by atoms with Gasteiger partial charge in [0.05, 0.1) is 16.8 Å². The van der Waals surface area contributed by atoms with Gasteiger partial charge in [0.15, 0.2) is 5.16 Å². The van der Waals surface area contributed by atoms with E-state index in [9.17, 15) is 4.79 Å². The quantitative estimate of drug-likeness (QED) is 0.632. The van der Waals surface area contributed by atoms with Gasteiger partial charge in [0.25, 0.3) is 0 Å². The van der Waals surface area contributed by atoms with Gasteiger partial charge in [0.1, 0.15) is 0 Å². The molecule has 116 valence electrons. The largest absolute Gasteiger partial charge is 0.355 e. The first-order valence-corrected chi connectivity index (χ1v) is 8.82. The van der Waals surface area contributed by atoms with Crippen LogP contribution < -0.4 is 5.32 Å². The third-order valence-corrected chi connectivity index (χ3v) is 4.73. The Morgan fingerprint density at radius 2 is 2.23 bits per heavy atom. The summed E-state index contributed by atoms with van der Waals surface area (Å²) < 4.78 is 0. The number of carbonyl (C=O) groups is 1. The number of hydrogen-bond donors (Lipinski definition) is 2. The van der Waals surface area contributed by atoms with Gasteiger partial charge in [-0.15, -0.1) is 0 Å². The number of para-hydroxylation sites is 2. The van der Waals surface area contributed by atoms with Gasteiger partial charge in [-0.05, 0) is 44.2 Å². The molecular weight excluding hydrogens is 294 g/mol. The molecule has 0 fully saturated rings. The van der Waals surface area contributed by atoms with Crippen molar-refractivity contribution < 1.29 is 4.79 Å². The number of imidazole rings is 1. The molecule has 1 amide bonds. The second kappa shape index (κ2) is 7.49. The smallest absolute Gasteiger partial charge is 0.230 e. The van der Waals surface area contributed by atoms with Crippen LogP contribution in [0.4, 0.5) is 0 Å². The molecule has 0 unspecified atom stereocenters. The first kappa shape index (κ1) is 15.2. The van der Waals surface area contributed by atoms with Gasteiger partial charge < -0.3 is 10.3 Å². The number of nitrogens with zero attached hydrogens (tertiary/aromatic N) is 1. The van der Waals surface area contributed by atoms with E-state index in [1.165, 1.54) is 43.0 Å². The second-order valence-corrected chi connectivity index (χ2v) is 6.52.